The molecule has 1 saturated heterocycles. The molecule has 0 spiro atoms. The van der Waals surface area contributed by atoms with E-state index in [0.29, 0.717) is 43.1 Å². The number of hydrogen-bond donors (Lipinski definition) is 0. The van der Waals surface area contributed by atoms with Gasteiger partial charge in [-0.25, -0.2) is 14.5 Å². The second-order valence-corrected chi connectivity index (χ2v) is 8.81. The van der Waals surface area contributed by atoms with E-state index in [1.807, 2.05) is 24.0 Å². The smallest absolute Gasteiger partial charge is 0.338 e. The number of carbonyl (C=O) groups is 1. The topological polar surface area (TPSA) is 75.7 Å². The van der Waals surface area contributed by atoms with Crippen molar-refractivity contribution in [3.05, 3.63) is 52.2 Å². The minimum absolute atomic E-state index is 0.0532. The monoisotopic (exact) mass is 474 g/mol. The fourth-order valence-corrected chi connectivity index (χ4v) is 4.82. The Morgan fingerprint density at radius 3 is 2.79 bits per heavy atom. The molecule has 0 radical (unpaired) electrons. The first-order chi connectivity index (χ1) is 16.3. The van der Waals surface area contributed by atoms with E-state index in [1.54, 1.807) is 12.3 Å². The van der Waals surface area contributed by atoms with Crippen molar-refractivity contribution >= 4 is 23.1 Å². The Labute approximate surface area is 193 Å². The van der Waals surface area contributed by atoms with Crippen LogP contribution in [0.3, 0.4) is 0 Å². The summed E-state index contributed by atoms with van der Waals surface area (Å²) in [5, 5.41) is 4.34. The number of fused-ring (bicyclic) bond motifs is 2. The summed E-state index contributed by atoms with van der Waals surface area (Å²) in [6.07, 6.45) is 0.772. The molecule has 5 heterocycles. The summed E-state index contributed by atoms with van der Waals surface area (Å²) in [5.41, 5.74) is 2.35. The second-order valence-electron chi connectivity index (χ2n) is 8.81. The number of aromatic nitrogens is 4. The molecule has 2 aliphatic rings. The lowest BCUT2D eigenvalue weighted by Crippen LogP contribution is -2.44. The lowest BCUT2D eigenvalue weighted by Gasteiger charge is -2.34. The first-order valence-electron chi connectivity index (χ1n) is 11.5. The maximum absolute atomic E-state index is 13.2. The van der Waals surface area contributed by atoms with Crippen LogP contribution in [0.1, 0.15) is 42.1 Å². The number of alkyl halides is 3. The lowest BCUT2D eigenvalue weighted by atomic mass is 9.96. The molecule has 11 heteroatoms. The number of pyridine rings is 2. The first-order valence-corrected chi connectivity index (χ1v) is 11.5. The van der Waals surface area contributed by atoms with Crippen LogP contribution >= 0.6 is 0 Å². The molecule has 0 bridgehead atoms. The van der Waals surface area contributed by atoms with Crippen LogP contribution in [0.25, 0.3) is 5.65 Å². The minimum atomic E-state index is -4.30. The Kier molecular flexibility index (Phi) is 5.57. The predicted molar refractivity (Wildman–Crippen MR) is 119 cm³/mol. The van der Waals surface area contributed by atoms with Gasteiger partial charge in [0.1, 0.15) is 5.82 Å². The van der Waals surface area contributed by atoms with Crippen LogP contribution in [0.5, 0.6) is 0 Å². The highest BCUT2D eigenvalue weighted by Crippen LogP contribution is 2.35. The first kappa shape index (κ1) is 22.4. The molecular weight excluding hydrogens is 449 g/mol. The average Bonchev–Trinajstić information content (AvgIpc) is 3.17. The van der Waals surface area contributed by atoms with Crippen LogP contribution in [0, 0.1) is 5.92 Å². The summed E-state index contributed by atoms with van der Waals surface area (Å²) >= 11 is 0. The molecule has 8 nitrogen and oxygen atoms in total. The number of likely N-dealkylation sites (tertiary alicyclic amines) is 1. The van der Waals surface area contributed by atoms with Gasteiger partial charge in [-0.15, -0.1) is 5.10 Å². The SMILES string of the molecule is CCn1nc2cc(N3CCCc4cc(C(=O)N5CCC[C@H](C(F)(F)F)C5)cnc43)ccn2c1=O. The standard InChI is InChI=1S/C23H25F3N6O2/c1-2-32-22(34)31-10-7-18(12-19(31)28-32)30-9-3-5-15-11-16(13-27-20(15)30)21(33)29-8-4-6-17(14-29)23(24,25)26/h7,10-13,17H,2-6,8-9,14H2,1H3/t17-/m0/s1. The summed E-state index contributed by atoms with van der Waals surface area (Å²) in [7, 11) is 0. The molecule has 180 valence electrons. The van der Waals surface area contributed by atoms with Gasteiger partial charge in [0.2, 0.25) is 0 Å². The Hall–Kier alpha value is -3.37. The minimum Gasteiger partial charge on any atom is -0.338 e. The molecule has 1 atom stereocenters. The summed E-state index contributed by atoms with van der Waals surface area (Å²) in [6.45, 7) is 3.04. The van der Waals surface area contributed by atoms with Gasteiger partial charge in [0.05, 0.1) is 11.5 Å². The van der Waals surface area contributed by atoms with Gasteiger partial charge in [-0.2, -0.15) is 13.2 Å². The summed E-state index contributed by atoms with van der Waals surface area (Å²) in [4.78, 5) is 33.1. The molecule has 0 aliphatic carbocycles. The fraction of sp³-hybridized carbons (Fsp3) is 0.478. The largest absolute Gasteiger partial charge is 0.393 e. The summed E-state index contributed by atoms with van der Waals surface area (Å²) in [5.74, 6) is -1.19. The zero-order valence-corrected chi connectivity index (χ0v) is 18.8. The number of rotatable bonds is 3. The third-order valence-corrected chi connectivity index (χ3v) is 6.62. The number of carbonyl (C=O) groups excluding carboxylic acids is 1. The Bertz CT molecular complexity index is 1300. The molecule has 1 fully saturated rings. The fourth-order valence-electron chi connectivity index (χ4n) is 4.82. The number of piperidine rings is 1. The van der Waals surface area contributed by atoms with Crippen LogP contribution in [0.4, 0.5) is 24.7 Å². The van der Waals surface area contributed by atoms with Gasteiger partial charge in [0, 0.05) is 50.3 Å². The molecule has 5 rings (SSSR count). The van der Waals surface area contributed by atoms with Crippen molar-refractivity contribution in [1.82, 2.24) is 24.1 Å². The maximum atomic E-state index is 13.2. The molecule has 2 aliphatic heterocycles. The number of anilines is 2. The van der Waals surface area contributed by atoms with Crippen molar-refractivity contribution < 1.29 is 18.0 Å². The molecule has 1 amide bonds. The normalized spacial score (nSPS) is 18.9. The third kappa shape index (κ3) is 3.92. The number of hydrogen-bond acceptors (Lipinski definition) is 5. The summed E-state index contributed by atoms with van der Waals surface area (Å²) in [6, 6.07) is 5.41. The molecule has 0 unspecified atom stereocenters. The predicted octanol–water partition coefficient (Wildman–Crippen LogP) is 3.41. The van der Waals surface area contributed by atoms with E-state index < -0.39 is 18.0 Å². The van der Waals surface area contributed by atoms with Crippen LogP contribution in [0.15, 0.2) is 35.4 Å². The van der Waals surface area contributed by atoms with Crippen molar-refractivity contribution in [2.75, 3.05) is 24.5 Å². The lowest BCUT2D eigenvalue weighted by molar-refractivity contribution is -0.184. The number of amides is 1. The number of halogens is 3. The van der Waals surface area contributed by atoms with Crippen LogP contribution in [-0.4, -0.2) is 55.8 Å². The zero-order valence-electron chi connectivity index (χ0n) is 18.8. The number of nitrogens with zero attached hydrogens (tertiary/aromatic N) is 6. The van der Waals surface area contributed by atoms with E-state index in [9.17, 15) is 22.8 Å². The van der Waals surface area contributed by atoms with E-state index in [-0.39, 0.29) is 18.7 Å². The van der Waals surface area contributed by atoms with E-state index in [2.05, 4.69) is 10.1 Å². The molecule has 3 aromatic heterocycles. The van der Waals surface area contributed by atoms with Crippen LogP contribution in [-0.2, 0) is 13.0 Å². The highest BCUT2D eigenvalue weighted by Gasteiger charge is 2.42. The highest BCUT2D eigenvalue weighted by atomic mass is 19.4. The second kappa shape index (κ2) is 8.44. The van der Waals surface area contributed by atoms with Crippen molar-refractivity contribution in [1.29, 1.82) is 0 Å². The van der Waals surface area contributed by atoms with Crippen LogP contribution < -0.4 is 10.6 Å². The van der Waals surface area contributed by atoms with E-state index >= 15 is 0 Å². The van der Waals surface area contributed by atoms with Crippen molar-refractivity contribution in [2.24, 2.45) is 5.92 Å². The van der Waals surface area contributed by atoms with Gasteiger partial charge < -0.3 is 9.80 Å². The maximum Gasteiger partial charge on any atom is 0.393 e. The van der Waals surface area contributed by atoms with Gasteiger partial charge in [0.15, 0.2) is 5.65 Å². The van der Waals surface area contributed by atoms with Crippen molar-refractivity contribution in [3.8, 4) is 0 Å². The number of aryl methyl sites for hydroxylation is 2. The van der Waals surface area contributed by atoms with Crippen molar-refractivity contribution in [2.45, 2.75) is 45.3 Å². The molecular formula is C23H25F3N6O2. The molecule has 3 aromatic rings. The summed E-state index contributed by atoms with van der Waals surface area (Å²) < 4.78 is 42.4. The molecule has 0 aromatic carbocycles. The average molecular weight is 474 g/mol. The molecule has 0 saturated carbocycles. The Balaban J connectivity index is 1.42. The van der Waals surface area contributed by atoms with Gasteiger partial charge in [-0.05, 0) is 50.3 Å². The zero-order chi connectivity index (χ0) is 24.0. The Morgan fingerprint density at radius 2 is 2.03 bits per heavy atom. The van der Waals surface area contributed by atoms with E-state index in [0.717, 1.165) is 24.1 Å². The molecule has 34 heavy (non-hydrogen) atoms. The Morgan fingerprint density at radius 1 is 1.21 bits per heavy atom. The van der Waals surface area contributed by atoms with E-state index in [4.69, 9.17) is 0 Å². The molecule has 0 N–H and O–H groups in total. The highest BCUT2D eigenvalue weighted by molar-refractivity contribution is 5.94. The van der Waals surface area contributed by atoms with Crippen LogP contribution in [0.2, 0.25) is 0 Å². The van der Waals surface area contributed by atoms with Gasteiger partial charge >= 0.3 is 11.9 Å². The van der Waals surface area contributed by atoms with Gasteiger partial charge in [0.25, 0.3) is 5.91 Å². The van der Waals surface area contributed by atoms with Crippen molar-refractivity contribution in [3.63, 3.8) is 0 Å². The third-order valence-electron chi connectivity index (χ3n) is 6.62. The van der Waals surface area contributed by atoms with Gasteiger partial charge in [-0.1, -0.05) is 0 Å². The van der Waals surface area contributed by atoms with Gasteiger partial charge in [-0.3, -0.25) is 9.20 Å². The van der Waals surface area contributed by atoms with E-state index in [1.165, 1.54) is 20.2 Å². The quantitative estimate of drug-likeness (QED) is 0.582.